The molecule has 0 spiro atoms. The lowest BCUT2D eigenvalue weighted by molar-refractivity contribution is -0.136. The van der Waals surface area contributed by atoms with Gasteiger partial charge in [0.25, 0.3) is 0 Å². The van der Waals surface area contributed by atoms with Crippen molar-refractivity contribution in [2.24, 2.45) is 0 Å². The Morgan fingerprint density at radius 3 is 1.50 bits per heavy atom. The number of carboxylic acid groups (broad SMARTS) is 1. The van der Waals surface area contributed by atoms with E-state index in [1.807, 2.05) is 0 Å². The molecule has 0 rings (SSSR count). The zero-order valence-electron chi connectivity index (χ0n) is 13.2. The minimum Gasteiger partial charge on any atom is -0.480 e. The van der Waals surface area contributed by atoms with Crippen LogP contribution in [0.4, 0.5) is 0 Å². The molecule has 0 aliphatic heterocycles. The molecule has 120 valence electrons. The molecule has 0 heterocycles. The molecule has 1 N–H and O–H groups in total. The molecule has 0 aromatic heterocycles. The molecular formula is C17H33ClO2. The molecule has 0 saturated carbocycles. The van der Waals surface area contributed by atoms with Crippen LogP contribution in [0, 0.1) is 0 Å². The van der Waals surface area contributed by atoms with Gasteiger partial charge in [0.1, 0.15) is 5.38 Å². The van der Waals surface area contributed by atoms with E-state index >= 15 is 0 Å². The second kappa shape index (κ2) is 15.2. The van der Waals surface area contributed by atoms with E-state index in [2.05, 4.69) is 6.92 Å². The fraction of sp³-hybridized carbons (Fsp3) is 0.941. The van der Waals surface area contributed by atoms with Gasteiger partial charge in [-0.05, 0) is 6.42 Å². The first-order chi connectivity index (χ1) is 9.68. The first kappa shape index (κ1) is 19.8. The van der Waals surface area contributed by atoms with Crippen LogP contribution < -0.4 is 0 Å². The number of hydrogen-bond acceptors (Lipinski definition) is 1. The molecule has 20 heavy (non-hydrogen) atoms. The van der Waals surface area contributed by atoms with Gasteiger partial charge < -0.3 is 5.11 Å². The maximum Gasteiger partial charge on any atom is 0.321 e. The first-order valence-corrected chi connectivity index (χ1v) is 8.99. The lowest BCUT2D eigenvalue weighted by atomic mass is 10.0. The van der Waals surface area contributed by atoms with Gasteiger partial charge in [0.05, 0.1) is 0 Å². The van der Waals surface area contributed by atoms with Crippen molar-refractivity contribution in [2.45, 2.75) is 102 Å². The van der Waals surface area contributed by atoms with Crippen LogP contribution in [0.3, 0.4) is 0 Å². The van der Waals surface area contributed by atoms with Gasteiger partial charge in [0.2, 0.25) is 0 Å². The number of halogens is 1. The summed E-state index contributed by atoms with van der Waals surface area (Å²) in [6.07, 6.45) is 17.6. The molecule has 0 fully saturated rings. The van der Waals surface area contributed by atoms with Crippen molar-refractivity contribution in [3.8, 4) is 0 Å². The summed E-state index contributed by atoms with van der Waals surface area (Å²) in [5, 5.41) is 7.95. The number of carboxylic acids is 1. The molecule has 0 radical (unpaired) electrons. The van der Waals surface area contributed by atoms with Crippen LogP contribution in [0.1, 0.15) is 96.8 Å². The average molecular weight is 305 g/mol. The number of carbonyl (C=O) groups is 1. The van der Waals surface area contributed by atoms with Crippen molar-refractivity contribution in [3.05, 3.63) is 0 Å². The topological polar surface area (TPSA) is 37.3 Å². The first-order valence-electron chi connectivity index (χ1n) is 8.55. The second-order valence-corrected chi connectivity index (χ2v) is 6.36. The lowest BCUT2D eigenvalue weighted by Gasteiger charge is -2.04. The van der Waals surface area contributed by atoms with Crippen LogP contribution in [0.25, 0.3) is 0 Å². The van der Waals surface area contributed by atoms with Crippen molar-refractivity contribution in [3.63, 3.8) is 0 Å². The van der Waals surface area contributed by atoms with E-state index in [4.69, 9.17) is 16.7 Å². The minimum absolute atomic E-state index is 0.606. The predicted molar refractivity (Wildman–Crippen MR) is 87.6 cm³/mol. The Hall–Kier alpha value is -0.240. The molecule has 0 saturated heterocycles. The van der Waals surface area contributed by atoms with Gasteiger partial charge >= 0.3 is 5.97 Å². The summed E-state index contributed by atoms with van der Waals surface area (Å²) in [6, 6.07) is 0. The largest absolute Gasteiger partial charge is 0.480 e. The minimum atomic E-state index is -0.884. The molecule has 0 aromatic rings. The summed E-state index contributed by atoms with van der Waals surface area (Å²) in [4.78, 5) is 10.5. The summed E-state index contributed by atoms with van der Waals surface area (Å²) in [5.41, 5.74) is 0. The number of unbranched alkanes of at least 4 members (excludes halogenated alkanes) is 12. The fourth-order valence-corrected chi connectivity index (χ4v) is 2.62. The van der Waals surface area contributed by atoms with E-state index in [-0.39, 0.29) is 0 Å². The Morgan fingerprint density at radius 1 is 0.800 bits per heavy atom. The van der Waals surface area contributed by atoms with Crippen LogP contribution in [-0.2, 0) is 4.79 Å². The predicted octanol–water partition coefficient (Wildman–Crippen LogP) is 6.16. The summed E-state index contributed by atoms with van der Waals surface area (Å²) >= 11 is 5.66. The number of aliphatic carboxylic acids is 1. The molecule has 2 nitrogen and oxygen atoms in total. The molecule has 0 aliphatic rings. The standard InChI is InChI=1S/C17H33ClO2/c1-2-3-4-5-6-7-8-9-10-11-12-13-14-15-16(18)17(19)20/h16H,2-15H2,1H3,(H,19,20). The molecule has 1 atom stereocenters. The quantitative estimate of drug-likeness (QED) is 0.290. The Bertz CT molecular complexity index is 219. The number of alkyl halides is 1. The van der Waals surface area contributed by atoms with Crippen molar-refractivity contribution in [1.82, 2.24) is 0 Å². The van der Waals surface area contributed by atoms with Crippen LogP contribution in [0.2, 0.25) is 0 Å². The SMILES string of the molecule is CCCCCCCCCCCCCCCC(Cl)C(=O)O. The molecule has 3 heteroatoms. The molecule has 0 amide bonds. The van der Waals surface area contributed by atoms with Crippen LogP contribution in [-0.4, -0.2) is 16.5 Å². The third-order valence-electron chi connectivity index (χ3n) is 3.83. The highest BCUT2D eigenvalue weighted by Crippen LogP contribution is 2.14. The van der Waals surface area contributed by atoms with Crippen LogP contribution in [0.15, 0.2) is 0 Å². The van der Waals surface area contributed by atoms with Gasteiger partial charge in [0.15, 0.2) is 0 Å². The smallest absolute Gasteiger partial charge is 0.321 e. The van der Waals surface area contributed by atoms with Gasteiger partial charge in [-0.3, -0.25) is 4.79 Å². The third kappa shape index (κ3) is 14.2. The van der Waals surface area contributed by atoms with Gasteiger partial charge in [0, 0.05) is 0 Å². The van der Waals surface area contributed by atoms with E-state index < -0.39 is 11.3 Å². The van der Waals surface area contributed by atoms with Crippen LogP contribution >= 0.6 is 11.6 Å². The van der Waals surface area contributed by atoms with Gasteiger partial charge in [-0.25, -0.2) is 0 Å². The van der Waals surface area contributed by atoms with E-state index in [0.717, 1.165) is 12.8 Å². The number of hydrogen-bond donors (Lipinski definition) is 1. The Balaban J connectivity index is 3.04. The Morgan fingerprint density at radius 2 is 1.15 bits per heavy atom. The zero-order chi connectivity index (χ0) is 15.1. The maximum absolute atomic E-state index is 10.5. The molecule has 1 unspecified atom stereocenters. The summed E-state index contributed by atoms with van der Waals surface area (Å²) in [6.45, 7) is 2.26. The highest BCUT2D eigenvalue weighted by molar-refractivity contribution is 6.29. The summed E-state index contributed by atoms with van der Waals surface area (Å²) in [7, 11) is 0. The van der Waals surface area contributed by atoms with Gasteiger partial charge in [-0.15, -0.1) is 11.6 Å². The number of rotatable bonds is 15. The highest BCUT2D eigenvalue weighted by Gasteiger charge is 2.11. The van der Waals surface area contributed by atoms with Gasteiger partial charge in [-0.2, -0.15) is 0 Å². The molecular weight excluding hydrogens is 272 g/mol. The Kier molecular flexibility index (Phi) is 15.0. The molecule has 0 aromatic carbocycles. The monoisotopic (exact) mass is 304 g/mol. The van der Waals surface area contributed by atoms with Crippen molar-refractivity contribution < 1.29 is 9.90 Å². The van der Waals surface area contributed by atoms with E-state index in [9.17, 15) is 4.79 Å². The summed E-state index contributed by atoms with van der Waals surface area (Å²) in [5.74, 6) is -0.884. The van der Waals surface area contributed by atoms with Crippen molar-refractivity contribution in [2.75, 3.05) is 0 Å². The second-order valence-electron chi connectivity index (χ2n) is 5.84. The van der Waals surface area contributed by atoms with Crippen molar-refractivity contribution >= 4 is 17.6 Å². The molecule has 0 aliphatic carbocycles. The Labute approximate surface area is 130 Å². The van der Waals surface area contributed by atoms with Crippen LogP contribution in [0.5, 0.6) is 0 Å². The third-order valence-corrected chi connectivity index (χ3v) is 4.23. The van der Waals surface area contributed by atoms with E-state index in [1.165, 1.54) is 70.6 Å². The van der Waals surface area contributed by atoms with Crippen molar-refractivity contribution in [1.29, 1.82) is 0 Å². The maximum atomic E-state index is 10.5. The fourth-order valence-electron chi connectivity index (χ4n) is 2.46. The molecule has 0 bridgehead atoms. The normalized spacial score (nSPS) is 12.5. The zero-order valence-corrected chi connectivity index (χ0v) is 14.0. The lowest BCUT2D eigenvalue weighted by Crippen LogP contribution is -2.12. The van der Waals surface area contributed by atoms with Gasteiger partial charge in [-0.1, -0.05) is 90.4 Å². The van der Waals surface area contributed by atoms with E-state index in [1.54, 1.807) is 0 Å². The average Bonchev–Trinajstić information content (AvgIpc) is 2.43. The summed E-state index contributed by atoms with van der Waals surface area (Å²) < 4.78 is 0. The highest BCUT2D eigenvalue weighted by atomic mass is 35.5. The van der Waals surface area contributed by atoms with E-state index in [0.29, 0.717) is 6.42 Å².